The van der Waals surface area contributed by atoms with E-state index in [0.29, 0.717) is 17.1 Å². The summed E-state index contributed by atoms with van der Waals surface area (Å²) in [5, 5.41) is 20.2. The molecule has 0 saturated heterocycles. The number of carbonyl (C=O) groups is 2. The van der Waals surface area contributed by atoms with Gasteiger partial charge in [0.05, 0.1) is 18.0 Å². The number of aromatic amines is 1. The van der Waals surface area contributed by atoms with E-state index in [4.69, 9.17) is 4.74 Å². The molecule has 0 bridgehead atoms. The predicted molar refractivity (Wildman–Crippen MR) is 94.6 cm³/mol. The van der Waals surface area contributed by atoms with Gasteiger partial charge in [-0.05, 0) is 32.9 Å². The molecule has 1 aliphatic heterocycles. The van der Waals surface area contributed by atoms with Crippen molar-refractivity contribution in [2.24, 2.45) is 15.3 Å². The molecule has 0 radical (unpaired) electrons. The number of aromatic nitrogens is 2. The molecule has 0 aliphatic carbocycles. The maximum absolute atomic E-state index is 12.6. The molecular formula is C17H18N6O3. The lowest BCUT2D eigenvalue weighted by molar-refractivity contribution is -0.117. The highest BCUT2D eigenvalue weighted by Gasteiger charge is 2.35. The average Bonchev–Trinajstić information content (AvgIpc) is 3.14. The maximum atomic E-state index is 12.6. The first-order valence-corrected chi connectivity index (χ1v) is 8.10. The second kappa shape index (κ2) is 7.26. The zero-order valence-corrected chi connectivity index (χ0v) is 14.6. The van der Waals surface area contributed by atoms with Crippen LogP contribution in [0, 0.1) is 6.92 Å². The molecule has 1 aliphatic rings. The third-order valence-electron chi connectivity index (χ3n) is 3.77. The van der Waals surface area contributed by atoms with Crippen LogP contribution < -0.4 is 5.01 Å². The van der Waals surface area contributed by atoms with Crippen LogP contribution in [0.4, 0.5) is 11.5 Å². The molecule has 0 fully saturated rings. The molecule has 1 aromatic heterocycles. The number of anilines is 1. The molecule has 1 N–H and O–H groups in total. The number of benzene rings is 1. The predicted octanol–water partition coefficient (Wildman–Crippen LogP) is 2.77. The van der Waals surface area contributed by atoms with Crippen molar-refractivity contribution in [1.82, 2.24) is 10.2 Å². The van der Waals surface area contributed by atoms with Gasteiger partial charge in [0.1, 0.15) is 5.56 Å². The molecule has 0 saturated carbocycles. The first-order chi connectivity index (χ1) is 12.5. The minimum absolute atomic E-state index is 0.0831. The summed E-state index contributed by atoms with van der Waals surface area (Å²) >= 11 is 0. The zero-order valence-electron chi connectivity index (χ0n) is 14.6. The first-order valence-electron chi connectivity index (χ1n) is 8.10. The van der Waals surface area contributed by atoms with Crippen LogP contribution in [0.2, 0.25) is 0 Å². The lowest BCUT2D eigenvalue weighted by Gasteiger charge is -2.11. The number of hydrazone groups is 1. The lowest BCUT2D eigenvalue weighted by Crippen LogP contribution is -2.29. The van der Waals surface area contributed by atoms with Crippen LogP contribution in [0.25, 0.3) is 0 Å². The molecule has 134 valence electrons. The van der Waals surface area contributed by atoms with Gasteiger partial charge in [0, 0.05) is 5.69 Å². The standard InChI is InChI=1S/C17H18N6O3/c1-4-26-17(25)13-10(2)18-20-15(13)21-19-14-11(3)22-23(16(14)24)12-8-6-5-7-9-12/h5-9,14H,4H2,1-3H3,(H,18,20)/t14-/m0/s1. The van der Waals surface area contributed by atoms with Crippen molar-refractivity contribution in [3.05, 3.63) is 41.6 Å². The van der Waals surface area contributed by atoms with Crippen molar-refractivity contribution in [1.29, 1.82) is 0 Å². The second-order valence-electron chi connectivity index (χ2n) is 5.61. The van der Waals surface area contributed by atoms with Gasteiger partial charge in [-0.3, -0.25) is 9.89 Å². The van der Waals surface area contributed by atoms with Gasteiger partial charge < -0.3 is 4.74 Å². The molecule has 9 nitrogen and oxygen atoms in total. The van der Waals surface area contributed by atoms with Crippen LogP contribution in [0.15, 0.2) is 45.7 Å². The van der Waals surface area contributed by atoms with E-state index in [1.807, 2.05) is 18.2 Å². The summed E-state index contributed by atoms with van der Waals surface area (Å²) < 4.78 is 5.00. The van der Waals surface area contributed by atoms with Crippen molar-refractivity contribution in [2.45, 2.75) is 26.8 Å². The van der Waals surface area contributed by atoms with Gasteiger partial charge in [0.15, 0.2) is 6.04 Å². The Kier molecular flexibility index (Phi) is 4.87. The molecule has 3 rings (SSSR count). The number of H-pyrrole nitrogens is 1. The van der Waals surface area contributed by atoms with E-state index in [-0.39, 0.29) is 23.9 Å². The number of carbonyl (C=O) groups excluding carboxylic acids is 2. The maximum Gasteiger partial charge on any atom is 0.343 e. The fourth-order valence-electron chi connectivity index (χ4n) is 2.49. The summed E-state index contributed by atoms with van der Waals surface area (Å²) in [7, 11) is 0. The quantitative estimate of drug-likeness (QED) is 0.657. The van der Waals surface area contributed by atoms with E-state index in [9.17, 15) is 9.59 Å². The van der Waals surface area contributed by atoms with Gasteiger partial charge >= 0.3 is 5.97 Å². The van der Waals surface area contributed by atoms with Crippen LogP contribution in [-0.2, 0) is 9.53 Å². The van der Waals surface area contributed by atoms with Crippen molar-refractivity contribution < 1.29 is 14.3 Å². The highest BCUT2D eigenvalue weighted by atomic mass is 16.5. The number of amides is 1. The Morgan fingerprint density at radius 2 is 2.04 bits per heavy atom. The number of nitrogens with one attached hydrogen (secondary N) is 1. The summed E-state index contributed by atoms with van der Waals surface area (Å²) in [5.41, 5.74) is 1.88. The Bertz CT molecular complexity index is 887. The Morgan fingerprint density at radius 1 is 1.31 bits per heavy atom. The third-order valence-corrected chi connectivity index (χ3v) is 3.77. The van der Waals surface area contributed by atoms with Crippen molar-refractivity contribution >= 4 is 29.1 Å². The van der Waals surface area contributed by atoms with Crippen LogP contribution in [0.5, 0.6) is 0 Å². The molecule has 2 heterocycles. The van der Waals surface area contributed by atoms with Gasteiger partial charge in [-0.2, -0.15) is 20.3 Å². The number of esters is 1. The summed E-state index contributed by atoms with van der Waals surface area (Å²) in [6.07, 6.45) is 0. The molecule has 1 amide bonds. The zero-order chi connectivity index (χ0) is 18.7. The lowest BCUT2D eigenvalue weighted by atomic mass is 10.2. The molecule has 1 aromatic carbocycles. The number of nitrogens with zero attached hydrogens (tertiary/aromatic N) is 5. The number of ether oxygens (including phenoxy) is 1. The Morgan fingerprint density at radius 3 is 2.73 bits per heavy atom. The molecule has 1 atom stereocenters. The van der Waals surface area contributed by atoms with E-state index in [1.165, 1.54) is 5.01 Å². The molecule has 0 unspecified atom stereocenters. The van der Waals surface area contributed by atoms with Crippen molar-refractivity contribution in [3.8, 4) is 0 Å². The summed E-state index contributed by atoms with van der Waals surface area (Å²) in [6.45, 7) is 5.33. The van der Waals surface area contributed by atoms with Crippen LogP contribution in [-0.4, -0.2) is 40.4 Å². The minimum atomic E-state index is -0.859. The molecule has 9 heteroatoms. The van der Waals surface area contributed by atoms with Crippen molar-refractivity contribution in [2.75, 3.05) is 11.6 Å². The van der Waals surface area contributed by atoms with Crippen LogP contribution in [0.1, 0.15) is 29.9 Å². The monoisotopic (exact) mass is 354 g/mol. The van der Waals surface area contributed by atoms with E-state index >= 15 is 0 Å². The minimum Gasteiger partial charge on any atom is -0.462 e. The van der Waals surface area contributed by atoms with Gasteiger partial charge in [-0.15, -0.1) is 5.11 Å². The van der Waals surface area contributed by atoms with Crippen LogP contribution in [0.3, 0.4) is 0 Å². The van der Waals surface area contributed by atoms with Gasteiger partial charge in [0.2, 0.25) is 5.82 Å². The third kappa shape index (κ3) is 3.23. The topological polar surface area (TPSA) is 112 Å². The van der Waals surface area contributed by atoms with Crippen molar-refractivity contribution in [3.63, 3.8) is 0 Å². The Labute approximate surface area is 149 Å². The smallest absolute Gasteiger partial charge is 0.343 e. The first kappa shape index (κ1) is 17.5. The number of aryl methyl sites for hydroxylation is 1. The van der Waals surface area contributed by atoms with Gasteiger partial charge in [-0.25, -0.2) is 4.79 Å². The number of hydrogen-bond donors (Lipinski definition) is 1. The van der Waals surface area contributed by atoms with Gasteiger partial charge in [0.25, 0.3) is 5.91 Å². The molecule has 0 spiro atoms. The largest absolute Gasteiger partial charge is 0.462 e. The highest BCUT2D eigenvalue weighted by Crippen LogP contribution is 2.25. The SMILES string of the molecule is CCOC(=O)c1c(N=N[C@@H]2C(=O)N(c3ccccc3)N=C2C)n[nH]c1C. The molecule has 26 heavy (non-hydrogen) atoms. The number of azo groups is 1. The van der Waals surface area contributed by atoms with E-state index in [1.54, 1.807) is 32.9 Å². The fraction of sp³-hybridized carbons (Fsp3) is 0.294. The number of para-hydroxylation sites is 1. The highest BCUT2D eigenvalue weighted by molar-refractivity contribution is 6.18. The summed E-state index contributed by atoms with van der Waals surface area (Å²) in [4.78, 5) is 24.6. The average molecular weight is 354 g/mol. The molecule has 2 aromatic rings. The molecular weight excluding hydrogens is 336 g/mol. The van der Waals surface area contributed by atoms with Gasteiger partial charge in [-0.1, -0.05) is 18.2 Å². The van der Waals surface area contributed by atoms with E-state index < -0.39 is 12.0 Å². The summed E-state index contributed by atoms with van der Waals surface area (Å²) in [6, 6.07) is 8.20. The Balaban J connectivity index is 1.83. The number of rotatable bonds is 5. The fourth-order valence-corrected chi connectivity index (χ4v) is 2.49. The second-order valence-corrected chi connectivity index (χ2v) is 5.61. The van der Waals surface area contributed by atoms with E-state index in [2.05, 4.69) is 25.5 Å². The Hall–Kier alpha value is -3.36. The summed E-state index contributed by atoms with van der Waals surface area (Å²) in [5.74, 6) is -0.774. The van der Waals surface area contributed by atoms with E-state index in [0.717, 1.165) is 0 Å². The number of hydrogen-bond acceptors (Lipinski definition) is 7. The normalized spacial score (nSPS) is 17.0. The van der Waals surface area contributed by atoms with Crippen LogP contribution >= 0.6 is 0 Å².